The van der Waals surface area contributed by atoms with Crippen LogP contribution >= 0.6 is 0 Å². The zero-order valence-corrected chi connectivity index (χ0v) is 9.54. The van der Waals surface area contributed by atoms with Gasteiger partial charge >= 0.3 is 0 Å². The Morgan fingerprint density at radius 2 is 1.43 bits per heavy atom. The summed E-state index contributed by atoms with van der Waals surface area (Å²) in [7, 11) is 0. The average Bonchev–Trinajstić information content (AvgIpc) is 2.63. The van der Waals surface area contributed by atoms with E-state index < -0.39 is 0 Å². The Kier molecular flexibility index (Phi) is 4.21. The Bertz CT molecular complexity index is 241. The molecule has 0 radical (unpaired) electrons. The van der Waals surface area contributed by atoms with Crippen molar-refractivity contribution in [2.45, 2.75) is 52.7 Å². The van der Waals surface area contributed by atoms with Crippen molar-refractivity contribution in [3.05, 3.63) is 23.7 Å². The van der Waals surface area contributed by atoms with Crippen LogP contribution in [0.4, 0.5) is 0 Å². The second kappa shape index (κ2) is 5.20. The van der Waals surface area contributed by atoms with E-state index in [1.807, 2.05) is 26.0 Å². The van der Waals surface area contributed by atoms with Crippen LogP contribution in [-0.4, -0.2) is 12.2 Å². The quantitative estimate of drug-likeness (QED) is 0.634. The fourth-order valence-corrected chi connectivity index (χ4v) is 1.56. The van der Waals surface area contributed by atoms with Crippen molar-refractivity contribution in [3.63, 3.8) is 0 Å². The average molecular weight is 196 g/mol. The summed E-state index contributed by atoms with van der Waals surface area (Å²) < 4.78 is 10.4. The molecule has 1 aliphatic rings. The molecule has 0 amide bonds. The summed E-state index contributed by atoms with van der Waals surface area (Å²) in [6.45, 7) is 8.13. The summed E-state index contributed by atoms with van der Waals surface area (Å²) in [5.41, 5.74) is 0. The van der Waals surface area contributed by atoms with Crippen LogP contribution in [-0.2, 0) is 4.74 Å². The minimum Gasteiger partial charge on any atom is -0.467 e. The van der Waals surface area contributed by atoms with E-state index in [0.29, 0.717) is 12.2 Å². The SMILES string of the molecule is CC1CCC(C)O1.Cc1ccc(C)o1. The highest BCUT2D eigenvalue weighted by Gasteiger charge is 2.16. The summed E-state index contributed by atoms with van der Waals surface area (Å²) in [4.78, 5) is 0. The molecule has 1 aliphatic heterocycles. The van der Waals surface area contributed by atoms with E-state index in [1.54, 1.807) is 0 Å². The van der Waals surface area contributed by atoms with Gasteiger partial charge in [-0.1, -0.05) is 0 Å². The first-order valence-electron chi connectivity index (χ1n) is 5.26. The number of furan rings is 1. The summed E-state index contributed by atoms with van der Waals surface area (Å²) in [5.74, 6) is 1.97. The van der Waals surface area contributed by atoms with Gasteiger partial charge in [-0.3, -0.25) is 0 Å². The highest BCUT2D eigenvalue weighted by molar-refractivity contribution is 5.02. The highest BCUT2D eigenvalue weighted by Crippen LogP contribution is 2.17. The van der Waals surface area contributed by atoms with E-state index in [4.69, 9.17) is 9.15 Å². The predicted molar refractivity (Wildman–Crippen MR) is 57.4 cm³/mol. The second-order valence-corrected chi connectivity index (χ2v) is 3.99. The lowest BCUT2D eigenvalue weighted by atomic mass is 10.2. The Balaban J connectivity index is 0.000000140. The molecule has 0 N–H and O–H groups in total. The van der Waals surface area contributed by atoms with Gasteiger partial charge in [0.05, 0.1) is 12.2 Å². The molecule has 80 valence electrons. The van der Waals surface area contributed by atoms with Gasteiger partial charge in [-0.25, -0.2) is 0 Å². The standard InChI is InChI=1S/C6H12O.C6H8O/c2*1-5-3-4-6(2)7-5/h5-6H,3-4H2,1-2H3;3-4H,1-2H3. The van der Waals surface area contributed by atoms with Gasteiger partial charge in [0.2, 0.25) is 0 Å². The maximum Gasteiger partial charge on any atom is 0.101 e. The van der Waals surface area contributed by atoms with Crippen LogP contribution in [0.2, 0.25) is 0 Å². The maximum absolute atomic E-state index is 5.36. The normalized spacial score (nSPS) is 25.7. The van der Waals surface area contributed by atoms with Gasteiger partial charge in [0.1, 0.15) is 11.5 Å². The molecule has 14 heavy (non-hydrogen) atoms. The Morgan fingerprint density at radius 1 is 1.00 bits per heavy atom. The molecule has 0 bridgehead atoms. The number of rotatable bonds is 0. The van der Waals surface area contributed by atoms with E-state index in [9.17, 15) is 0 Å². The summed E-state index contributed by atoms with van der Waals surface area (Å²) >= 11 is 0. The zero-order valence-electron chi connectivity index (χ0n) is 9.54. The molecule has 1 fully saturated rings. The lowest BCUT2D eigenvalue weighted by Gasteiger charge is -2.01. The molecule has 2 rings (SSSR count). The summed E-state index contributed by atoms with van der Waals surface area (Å²) in [6, 6.07) is 3.91. The number of aryl methyl sites for hydroxylation is 2. The van der Waals surface area contributed by atoms with Crippen molar-refractivity contribution in [1.82, 2.24) is 0 Å². The van der Waals surface area contributed by atoms with Crippen LogP contribution in [0.5, 0.6) is 0 Å². The lowest BCUT2D eigenvalue weighted by Crippen LogP contribution is -2.01. The third-order valence-corrected chi connectivity index (χ3v) is 2.32. The smallest absolute Gasteiger partial charge is 0.101 e. The molecular formula is C12H20O2. The minimum absolute atomic E-state index is 0.523. The monoisotopic (exact) mass is 196 g/mol. The molecular weight excluding hydrogens is 176 g/mol. The molecule has 2 heterocycles. The molecule has 2 nitrogen and oxygen atoms in total. The van der Waals surface area contributed by atoms with E-state index in [-0.39, 0.29) is 0 Å². The van der Waals surface area contributed by atoms with Gasteiger partial charge in [0.25, 0.3) is 0 Å². The zero-order chi connectivity index (χ0) is 10.6. The van der Waals surface area contributed by atoms with Crippen LogP contribution in [0.1, 0.15) is 38.2 Å². The number of ether oxygens (including phenoxy) is 1. The Hall–Kier alpha value is -0.760. The topological polar surface area (TPSA) is 22.4 Å². The van der Waals surface area contributed by atoms with Gasteiger partial charge < -0.3 is 9.15 Å². The van der Waals surface area contributed by atoms with E-state index in [1.165, 1.54) is 12.8 Å². The molecule has 2 atom stereocenters. The van der Waals surface area contributed by atoms with Crippen molar-refractivity contribution in [3.8, 4) is 0 Å². The van der Waals surface area contributed by atoms with Crippen molar-refractivity contribution in [1.29, 1.82) is 0 Å². The van der Waals surface area contributed by atoms with Gasteiger partial charge in [0, 0.05) is 0 Å². The third kappa shape index (κ3) is 3.97. The first kappa shape index (κ1) is 11.3. The van der Waals surface area contributed by atoms with E-state index in [0.717, 1.165) is 11.5 Å². The Labute approximate surface area is 86.3 Å². The molecule has 0 aromatic carbocycles. The van der Waals surface area contributed by atoms with Crippen molar-refractivity contribution in [2.75, 3.05) is 0 Å². The van der Waals surface area contributed by atoms with Crippen LogP contribution in [0.25, 0.3) is 0 Å². The largest absolute Gasteiger partial charge is 0.467 e. The minimum atomic E-state index is 0.523. The molecule has 0 saturated carbocycles. The van der Waals surface area contributed by atoms with E-state index in [2.05, 4.69) is 13.8 Å². The molecule has 0 spiro atoms. The molecule has 1 saturated heterocycles. The van der Waals surface area contributed by atoms with Crippen LogP contribution < -0.4 is 0 Å². The molecule has 1 aromatic heterocycles. The third-order valence-electron chi connectivity index (χ3n) is 2.32. The van der Waals surface area contributed by atoms with Crippen LogP contribution in [0.15, 0.2) is 16.5 Å². The highest BCUT2D eigenvalue weighted by atomic mass is 16.5. The first-order chi connectivity index (χ1) is 6.58. The number of hydrogen-bond donors (Lipinski definition) is 0. The van der Waals surface area contributed by atoms with Crippen molar-refractivity contribution in [2.24, 2.45) is 0 Å². The van der Waals surface area contributed by atoms with E-state index >= 15 is 0 Å². The van der Waals surface area contributed by atoms with Gasteiger partial charge in [0.15, 0.2) is 0 Å². The summed E-state index contributed by atoms with van der Waals surface area (Å²) in [5, 5.41) is 0. The van der Waals surface area contributed by atoms with Crippen molar-refractivity contribution < 1.29 is 9.15 Å². The summed E-state index contributed by atoms with van der Waals surface area (Å²) in [6.07, 6.45) is 3.55. The van der Waals surface area contributed by atoms with Gasteiger partial charge in [-0.05, 0) is 52.7 Å². The molecule has 0 aliphatic carbocycles. The Morgan fingerprint density at radius 3 is 1.57 bits per heavy atom. The lowest BCUT2D eigenvalue weighted by molar-refractivity contribution is 0.0673. The second-order valence-electron chi connectivity index (χ2n) is 3.99. The van der Waals surface area contributed by atoms with Gasteiger partial charge in [-0.2, -0.15) is 0 Å². The molecule has 2 unspecified atom stereocenters. The fraction of sp³-hybridized carbons (Fsp3) is 0.667. The molecule has 2 heteroatoms. The maximum atomic E-state index is 5.36. The number of hydrogen-bond acceptors (Lipinski definition) is 2. The van der Waals surface area contributed by atoms with Crippen LogP contribution in [0, 0.1) is 13.8 Å². The first-order valence-corrected chi connectivity index (χ1v) is 5.26. The van der Waals surface area contributed by atoms with Crippen molar-refractivity contribution >= 4 is 0 Å². The molecule has 1 aromatic rings. The predicted octanol–water partition coefficient (Wildman–Crippen LogP) is 3.47. The fourth-order valence-electron chi connectivity index (χ4n) is 1.56. The van der Waals surface area contributed by atoms with Crippen LogP contribution in [0.3, 0.4) is 0 Å². The van der Waals surface area contributed by atoms with Gasteiger partial charge in [-0.15, -0.1) is 0 Å².